The van der Waals surface area contributed by atoms with Gasteiger partial charge in [-0.3, -0.25) is 9.59 Å². The van der Waals surface area contributed by atoms with Crippen LogP contribution in [0.5, 0.6) is 0 Å². The maximum absolute atomic E-state index is 12.2. The third-order valence-corrected chi connectivity index (χ3v) is 3.39. The van der Waals surface area contributed by atoms with Crippen molar-refractivity contribution in [2.24, 2.45) is 11.3 Å². The average molecular weight is 257 g/mol. The Morgan fingerprint density at radius 2 is 1.89 bits per heavy atom. The van der Waals surface area contributed by atoms with Crippen LogP contribution < -0.4 is 0 Å². The molecule has 5 nitrogen and oxygen atoms in total. The highest BCUT2D eigenvalue weighted by atomic mass is 16.5. The number of amides is 1. The highest BCUT2D eigenvalue weighted by Crippen LogP contribution is 2.24. The van der Waals surface area contributed by atoms with Gasteiger partial charge in [0.2, 0.25) is 5.91 Å². The Hall–Kier alpha value is -1.10. The van der Waals surface area contributed by atoms with Gasteiger partial charge in [0.05, 0.1) is 11.8 Å². The minimum absolute atomic E-state index is 0.101. The van der Waals surface area contributed by atoms with Gasteiger partial charge in [0.25, 0.3) is 0 Å². The molecule has 0 aliphatic carbocycles. The van der Waals surface area contributed by atoms with Gasteiger partial charge < -0.3 is 14.7 Å². The molecule has 0 atom stereocenters. The first kappa shape index (κ1) is 15.0. The number of carboxylic acids is 1. The van der Waals surface area contributed by atoms with E-state index < -0.39 is 11.4 Å². The SMILES string of the molecule is CN(CC1CCOCC1)C(=O)C(C)(C)CC(=O)O. The molecule has 1 aliphatic heterocycles. The number of aliphatic carboxylic acids is 1. The monoisotopic (exact) mass is 257 g/mol. The normalized spacial score (nSPS) is 17.5. The summed E-state index contributed by atoms with van der Waals surface area (Å²) in [4.78, 5) is 24.6. The lowest BCUT2D eigenvalue weighted by Crippen LogP contribution is -2.42. The Bertz CT molecular complexity index is 308. The molecule has 0 saturated carbocycles. The quantitative estimate of drug-likeness (QED) is 0.808. The molecule has 1 heterocycles. The molecule has 0 aromatic rings. The molecule has 104 valence electrons. The second kappa shape index (κ2) is 6.18. The van der Waals surface area contributed by atoms with Crippen molar-refractivity contribution >= 4 is 11.9 Å². The van der Waals surface area contributed by atoms with Crippen molar-refractivity contribution < 1.29 is 19.4 Å². The zero-order valence-electron chi connectivity index (χ0n) is 11.4. The molecule has 0 aromatic carbocycles. The second-order valence-electron chi connectivity index (χ2n) is 5.70. The van der Waals surface area contributed by atoms with Crippen molar-refractivity contribution in [1.82, 2.24) is 4.90 Å². The molecule has 1 rings (SSSR count). The van der Waals surface area contributed by atoms with Gasteiger partial charge in [-0.05, 0) is 18.8 Å². The average Bonchev–Trinajstić information content (AvgIpc) is 2.27. The third-order valence-electron chi connectivity index (χ3n) is 3.39. The Kier molecular flexibility index (Phi) is 5.14. The summed E-state index contributed by atoms with van der Waals surface area (Å²) in [5.74, 6) is -0.572. The second-order valence-corrected chi connectivity index (χ2v) is 5.70. The number of ether oxygens (including phenoxy) is 1. The van der Waals surface area contributed by atoms with Crippen LogP contribution in [0, 0.1) is 11.3 Å². The molecule has 0 radical (unpaired) electrons. The first-order valence-corrected chi connectivity index (χ1v) is 6.38. The van der Waals surface area contributed by atoms with Crippen molar-refractivity contribution in [3.63, 3.8) is 0 Å². The van der Waals surface area contributed by atoms with Crippen molar-refractivity contribution in [3.8, 4) is 0 Å². The van der Waals surface area contributed by atoms with Crippen LogP contribution in [0.2, 0.25) is 0 Å². The smallest absolute Gasteiger partial charge is 0.304 e. The standard InChI is InChI=1S/C13H23NO4/c1-13(2,8-11(15)16)12(17)14(3)9-10-4-6-18-7-5-10/h10H,4-9H2,1-3H3,(H,15,16). The summed E-state index contributed by atoms with van der Waals surface area (Å²) in [7, 11) is 1.75. The summed E-state index contributed by atoms with van der Waals surface area (Å²) >= 11 is 0. The topological polar surface area (TPSA) is 66.8 Å². The molecule has 1 N–H and O–H groups in total. The van der Waals surface area contributed by atoms with Crippen LogP contribution in [-0.4, -0.2) is 48.7 Å². The van der Waals surface area contributed by atoms with Gasteiger partial charge >= 0.3 is 5.97 Å². The highest BCUT2D eigenvalue weighted by Gasteiger charge is 2.33. The summed E-state index contributed by atoms with van der Waals surface area (Å²) in [5.41, 5.74) is -0.842. The number of rotatable bonds is 5. The van der Waals surface area contributed by atoms with E-state index in [1.165, 1.54) is 0 Å². The fourth-order valence-corrected chi connectivity index (χ4v) is 2.37. The Morgan fingerprint density at radius 3 is 2.39 bits per heavy atom. The summed E-state index contributed by atoms with van der Waals surface area (Å²) in [6.07, 6.45) is 1.80. The van der Waals surface area contributed by atoms with Crippen LogP contribution in [0.3, 0.4) is 0 Å². The number of carbonyl (C=O) groups is 2. The van der Waals surface area contributed by atoms with Crippen LogP contribution in [0.1, 0.15) is 33.1 Å². The molecule has 1 saturated heterocycles. The van der Waals surface area contributed by atoms with E-state index in [4.69, 9.17) is 9.84 Å². The lowest BCUT2D eigenvalue weighted by atomic mass is 9.87. The van der Waals surface area contributed by atoms with Crippen molar-refractivity contribution in [2.75, 3.05) is 26.8 Å². The van der Waals surface area contributed by atoms with Crippen LogP contribution in [0.25, 0.3) is 0 Å². The highest BCUT2D eigenvalue weighted by molar-refractivity contribution is 5.86. The minimum Gasteiger partial charge on any atom is -0.481 e. The van der Waals surface area contributed by atoms with Crippen molar-refractivity contribution in [2.45, 2.75) is 33.1 Å². The van der Waals surface area contributed by atoms with E-state index >= 15 is 0 Å². The third kappa shape index (κ3) is 4.29. The Labute approximate surface area is 108 Å². The number of nitrogens with zero attached hydrogens (tertiary/aromatic N) is 1. The van der Waals surface area contributed by atoms with Gasteiger partial charge in [-0.2, -0.15) is 0 Å². The first-order valence-electron chi connectivity index (χ1n) is 6.38. The fraction of sp³-hybridized carbons (Fsp3) is 0.846. The summed E-state index contributed by atoms with van der Waals surface area (Å²) in [6, 6.07) is 0. The molecule has 0 unspecified atom stereocenters. The molecule has 18 heavy (non-hydrogen) atoms. The van der Waals surface area contributed by atoms with E-state index in [0.29, 0.717) is 12.5 Å². The van der Waals surface area contributed by atoms with Crippen molar-refractivity contribution in [3.05, 3.63) is 0 Å². The molecular weight excluding hydrogens is 234 g/mol. The molecule has 1 fully saturated rings. The van der Waals surface area contributed by atoms with Gasteiger partial charge in [0, 0.05) is 26.8 Å². The summed E-state index contributed by atoms with van der Waals surface area (Å²) in [6.45, 7) is 5.57. The van der Waals surface area contributed by atoms with Gasteiger partial charge in [-0.1, -0.05) is 13.8 Å². The number of carboxylic acid groups (broad SMARTS) is 1. The van der Waals surface area contributed by atoms with E-state index in [1.54, 1.807) is 25.8 Å². The van der Waals surface area contributed by atoms with Crippen molar-refractivity contribution in [1.29, 1.82) is 0 Å². The van der Waals surface area contributed by atoms with Gasteiger partial charge in [-0.15, -0.1) is 0 Å². The van der Waals surface area contributed by atoms with E-state index in [-0.39, 0.29) is 12.3 Å². The minimum atomic E-state index is -0.937. The van der Waals surface area contributed by atoms with E-state index in [1.807, 2.05) is 0 Å². The van der Waals surface area contributed by atoms with Gasteiger partial charge in [0.15, 0.2) is 0 Å². The largest absolute Gasteiger partial charge is 0.481 e. The lowest BCUT2D eigenvalue weighted by molar-refractivity contribution is -0.148. The number of hydrogen-bond donors (Lipinski definition) is 1. The predicted molar refractivity (Wildman–Crippen MR) is 67.2 cm³/mol. The summed E-state index contributed by atoms with van der Waals surface area (Å²) in [5, 5.41) is 8.81. The van der Waals surface area contributed by atoms with E-state index in [0.717, 1.165) is 26.1 Å². The Balaban J connectivity index is 2.51. The van der Waals surface area contributed by atoms with Gasteiger partial charge in [-0.25, -0.2) is 0 Å². The number of carbonyl (C=O) groups excluding carboxylic acids is 1. The molecular formula is C13H23NO4. The Morgan fingerprint density at radius 1 is 1.33 bits per heavy atom. The molecule has 1 aliphatic rings. The molecule has 5 heteroatoms. The molecule has 1 amide bonds. The lowest BCUT2D eigenvalue weighted by Gasteiger charge is -2.32. The van der Waals surface area contributed by atoms with E-state index in [2.05, 4.69) is 0 Å². The summed E-state index contributed by atoms with van der Waals surface area (Å²) < 4.78 is 5.28. The van der Waals surface area contributed by atoms with Crippen LogP contribution >= 0.6 is 0 Å². The fourth-order valence-electron chi connectivity index (χ4n) is 2.37. The molecule has 0 bridgehead atoms. The van der Waals surface area contributed by atoms with Crippen LogP contribution in [0.15, 0.2) is 0 Å². The van der Waals surface area contributed by atoms with Crippen LogP contribution in [-0.2, 0) is 14.3 Å². The maximum atomic E-state index is 12.2. The first-order chi connectivity index (χ1) is 8.33. The zero-order chi connectivity index (χ0) is 13.8. The van der Waals surface area contributed by atoms with Gasteiger partial charge in [0.1, 0.15) is 0 Å². The number of hydrogen-bond acceptors (Lipinski definition) is 3. The molecule has 0 spiro atoms. The maximum Gasteiger partial charge on any atom is 0.304 e. The zero-order valence-corrected chi connectivity index (χ0v) is 11.4. The molecule has 0 aromatic heterocycles. The van der Waals surface area contributed by atoms with E-state index in [9.17, 15) is 9.59 Å². The van der Waals surface area contributed by atoms with Crippen LogP contribution in [0.4, 0.5) is 0 Å². The predicted octanol–water partition coefficient (Wildman–Crippen LogP) is 1.37.